The predicted octanol–water partition coefficient (Wildman–Crippen LogP) is 1.25. The number of benzene rings is 1. The van der Waals surface area contributed by atoms with Gasteiger partial charge in [0, 0.05) is 19.4 Å². The minimum absolute atomic E-state index is 0.0175. The van der Waals surface area contributed by atoms with Crippen LogP contribution in [0, 0.1) is 17.8 Å². The number of hydrogen-bond donors (Lipinski definition) is 6. The molecule has 7 amide bonds. The molecule has 2 saturated heterocycles. The zero-order valence-electron chi connectivity index (χ0n) is 34.8. The third kappa shape index (κ3) is 12.7. The normalized spacial score (nSPS) is 26.2. The lowest BCUT2D eigenvalue weighted by molar-refractivity contribution is -0.157. The second-order valence-corrected chi connectivity index (χ2v) is 16.0. The number of ether oxygens (including phenoxy) is 1. The topological polar surface area (TPSA) is 221 Å². The van der Waals surface area contributed by atoms with Crippen LogP contribution in [0.4, 0.5) is 0 Å². The molecule has 1 aromatic carbocycles. The van der Waals surface area contributed by atoms with Crippen LogP contribution in [0.25, 0.3) is 0 Å². The van der Waals surface area contributed by atoms with Crippen molar-refractivity contribution in [3.63, 3.8) is 0 Å². The molecule has 8 atom stereocenters. The van der Waals surface area contributed by atoms with Crippen LogP contribution in [-0.2, 0) is 49.5 Å². The molecule has 0 saturated carbocycles. The third-order valence-electron chi connectivity index (χ3n) is 10.3. The summed E-state index contributed by atoms with van der Waals surface area (Å²) < 4.78 is 5.83. The minimum Gasteiger partial charge on any atom is -0.458 e. The van der Waals surface area contributed by atoms with Crippen molar-refractivity contribution in [2.75, 3.05) is 6.54 Å². The van der Waals surface area contributed by atoms with Crippen LogP contribution in [0.2, 0.25) is 0 Å². The van der Waals surface area contributed by atoms with Gasteiger partial charge >= 0.3 is 5.97 Å². The number of cyclic esters (lactones) is 1. The Morgan fingerprint density at radius 1 is 0.807 bits per heavy atom. The third-order valence-corrected chi connectivity index (χ3v) is 10.3. The number of nitrogens with one attached hydrogen (secondary N) is 6. The largest absolute Gasteiger partial charge is 0.458 e. The van der Waals surface area contributed by atoms with Crippen molar-refractivity contribution < 1.29 is 43.1 Å². The SMILES string of the molecule is CCCC(=O)N[C@H](C(=O)N[C@@H]1C(=O)N[C@@H](Cc2ccccc2)C(=O)N2CCC[C@H]2C(=O)N[C@@H](C(C)C)C(=O)N[C@@H](CC)C(=O)NC(C(C)C)C(=O)O[C@@H]1C)C(C)C. The van der Waals surface area contributed by atoms with Gasteiger partial charge in [0.2, 0.25) is 41.4 Å². The molecule has 2 aliphatic heterocycles. The number of esters is 1. The van der Waals surface area contributed by atoms with Gasteiger partial charge in [-0.05, 0) is 55.9 Å². The minimum atomic E-state index is -1.57. The maximum atomic E-state index is 14.5. The molecule has 0 aromatic heterocycles. The Balaban J connectivity index is 2.15. The fourth-order valence-electron chi connectivity index (χ4n) is 6.94. The Morgan fingerprint density at radius 3 is 2.00 bits per heavy atom. The molecule has 316 valence electrons. The Labute approximate surface area is 336 Å². The highest BCUT2D eigenvalue weighted by Gasteiger charge is 2.42. The van der Waals surface area contributed by atoms with Crippen molar-refractivity contribution >= 4 is 47.3 Å². The van der Waals surface area contributed by atoms with E-state index in [0.29, 0.717) is 24.8 Å². The molecule has 0 radical (unpaired) electrons. The summed E-state index contributed by atoms with van der Waals surface area (Å²) in [6.07, 6.45) is 0.324. The summed E-state index contributed by atoms with van der Waals surface area (Å²) in [7, 11) is 0. The Bertz CT molecular complexity index is 1600. The first-order chi connectivity index (χ1) is 26.9. The van der Waals surface area contributed by atoms with E-state index in [9.17, 15) is 38.4 Å². The quantitative estimate of drug-likeness (QED) is 0.177. The molecule has 57 heavy (non-hydrogen) atoms. The molecule has 16 heteroatoms. The van der Waals surface area contributed by atoms with Gasteiger partial charge in [-0.25, -0.2) is 4.79 Å². The standard InChI is InChI=1S/C41H63N7O9/c1-10-16-30(49)44-31(22(3)4)38(53)47-34-25(9)57-41(56)33(24(7)8)46-35(50)27(11-2)42-37(52)32(23(5)6)45-36(51)29-19-15-20-48(29)40(55)28(43-39(34)54)21-26-17-13-12-14-18-26/h12-14,17-18,22-25,27-29,31-34H,10-11,15-16,19-21H2,1-9H3,(H,42,52)(H,43,54)(H,44,49)(H,45,51)(H,46,50)(H,47,53)/t25-,27+,28+,29+,31+,32+,33?,34+/m1/s1. The maximum absolute atomic E-state index is 14.5. The van der Waals surface area contributed by atoms with Gasteiger partial charge in [0.1, 0.15) is 48.4 Å². The van der Waals surface area contributed by atoms with Crippen molar-refractivity contribution in [1.82, 2.24) is 36.8 Å². The summed E-state index contributed by atoms with van der Waals surface area (Å²) in [5.74, 6) is -6.54. The van der Waals surface area contributed by atoms with Crippen LogP contribution in [0.15, 0.2) is 30.3 Å². The van der Waals surface area contributed by atoms with E-state index >= 15 is 0 Å². The van der Waals surface area contributed by atoms with E-state index < -0.39 is 108 Å². The van der Waals surface area contributed by atoms with Gasteiger partial charge in [0.25, 0.3) is 0 Å². The van der Waals surface area contributed by atoms with Crippen molar-refractivity contribution in [1.29, 1.82) is 0 Å². The lowest BCUT2D eigenvalue weighted by Crippen LogP contribution is -2.62. The molecule has 2 aliphatic rings. The van der Waals surface area contributed by atoms with E-state index in [1.54, 1.807) is 78.8 Å². The molecule has 0 spiro atoms. The monoisotopic (exact) mass is 797 g/mol. The van der Waals surface area contributed by atoms with E-state index in [0.717, 1.165) is 0 Å². The molecule has 2 heterocycles. The molecule has 6 N–H and O–H groups in total. The second kappa shape index (κ2) is 21.5. The summed E-state index contributed by atoms with van der Waals surface area (Å²) in [4.78, 5) is 112. The summed E-state index contributed by atoms with van der Waals surface area (Å²) >= 11 is 0. The van der Waals surface area contributed by atoms with Crippen LogP contribution >= 0.6 is 0 Å². The maximum Gasteiger partial charge on any atom is 0.329 e. The number of hydrogen-bond acceptors (Lipinski definition) is 9. The van der Waals surface area contributed by atoms with Gasteiger partial charge < -0.3 is 41.5 Å². The van der Waals surface area contributed by atoms with E-state index in [4.69, 9.17) is 4.74 Å². The van der Waals surface area contributed by atoms with Crippen molar-refractivity contribution in [3.05, 3.63) is 35.9 Å². The van der Waals surface area contributed by atoms with E-state index in [1.807, 2.05) is 6.92 Å². The van der Waals surface area contributed by atoms with Gasteiger partial charge in [0.15, 0.2) is 0 Å². The van der Waals surface area contributed by atoms with Crippen LogP contribution in [-0.4, -0.2) is 107 Å². The average molecular weight is 798 g/mol. The van der Waals surface area contributed by atoms with Crippen molar-refractivity contribution in [2.24, 2.45) is 17.8 Å². The first-order valence-electron chi connectivity index (χ1n) is 20.3. The smallest absolute Gasteiger partial charge is 0.329 e. The zero-order chi connectivity index (χ0) is 42.6. The first kappa shape index (κ1) is 46.4. The van der Waals surface area contributed by atoms with E-state index in [1.165, 1.54) is 11.8 Å². The highest BCUT2D eigenvalue weighted by Crippen LogP contribution is 2.21. The average Bonchev–Trinajstić information content (AvgIpc) is 3.65. The Kier molecular flexibility index (Phi) is 17.5. The zero-order valence-corrected chi connectivity index (χ0v) is 34.8. The molecule has 16 nitrogen and oxygen atoms in total. The number of rotatable bonds is 11. The van der Waals surface area contributed by atoms with Gasteiger partial charge in [-0.3, -0.25) is 33.6 Å². The molecule has 1 unspecified atom stereocenters. The van der Waals surface area contributed by atoms with Crippen LogP contribution < -0.4 is 31.9 Å². The number of amides is 7. The molecular formula is C41H63N7O9. The van der Waals surface area contributed by atoms with Gasteiger partial charge in [0.05, 0.1) is 0 Å². The van der Waals surface area contributed by atoms with Gasteiger partial charge in [-0.1, -0.05) is 85.7 Å². The lowest BCUT2D eigenvalue weighted by atomic mass is 10.0. The van der Waals surface area contributed by atoms with Crippen LogP contribution in [0.3, 0.4) is 0 Å². The summed E-state index contributed by atoms with van der Waals surface area (Å²) in [6, 6.07) is 0.740. The molecular weight excluding hydrogens is 734 g/mol. The summed E-state index contributed by atoms with van der Waals surface area (Å²) in [5.41, 5.74) is 0.700. The summed E-state index contributed by atoms with van der Waals surface area (Å²) in [5, 5.41) is 16.4. The van der Waals surface area contributed by atoms with Crippen molar-refractivity contribution in [2.45, 2.75) is 149 Å². The summed E-state index contributed by atoms with van der Waals surface area (Å²) in [6.45, 7) is 15.4. The van der Waals surface area contributed by atoms with E-state index in [-0.39, 0.29) is 31.7 Å². The molecule has 0 aliphatic carbocycles. The highest BCUT2D eigenvalue weighted by atomic mass is 16.5. The lowest BCUT2D eigenvalue weighted by Gasteiger charge is -2.32. The fraction of sp³-hybridized carbons (Fsp3) is 0.659. The molecule has 2 fully saturated rings. The van der Waals surface area contributed by atoms with Crippen LogP contribution in [0.5, 0.6) is 0 Å². The van der Waals surface area contributed by atoms with Crippen LogP contribution in [0.1, 0.15) is 100.0 Å². The van der Waals surface area contributed by atoms with Gasteiger partial charge in [-0.15, -0.1) is 0 Å². The van der Waals surface area contributed by atoms with Gasteiger partial charge in [-0.2, -0.15) is 0 Å². The Hall–Kier alpha value is -5.02. The second-order valence-electron chi connectivity index (χ2n) is 16.0. The highest BCUT2D eigenvalue weighted by molar-refractivity contribution is 5.98. The number of fused-ring (bicyclic) bond motifs is 1. The Morgan fingerprint density at radius 2 is 1.42 bits per heavy atom. The number of nitrogens with zero attached hydrogens (tertiary/aromatic N) is 1. The molecule has 3 rings (SSSR count). The first-order valence-corrected chi connectivity index (χ1v) is 20.3. The number of carbonyl (C=O) groups excluding carboxylic acids is 8. The fourth-order valence-corrected chi connectivity index (χ4v) is 6.94. The van der Waals surface area contributed by atoms with Crippen molar-refractivity contribution in [3.8, 4) is 0 Å². The molecule has 0 bridgehead atoms. The van der Waals surface area contributed by atoms with E-state index in [2.05, 4.69) is 31.9 Å². The predicted molar refractivity (Wildman–Crippen MR) is 212 cm³/mol. The molecule has 1 aromatic rings. The number of carbonyl (C=O) groups is 8.